The first-order valence-corrected chi connectivity index (χ1v) is 22.8. The van der Waals surface area contributed by atoms with E-state index in [4.69, 9.17) is 28.4 Å². The van der Waals surface area contributed by atoms with Gasteiger partial charge in [-0.2, -0.15) is 0 Å². The Balaban J connectivity index is 0.000000225. The van der Waals surface area contributed by atoms with Gasteiger partial charge in [0.25, 0.3) is 0 Å². The summed E-state index contributed by atoms with van der Waals surface area (Å²) >= 11 is 10.4. The summed E-state index contributed by atoms with van der Waals surface area (Å²) in [6.45, 7) is 19.3. The second-order valence-corrected chi connectivity index (χ2v) is 18.5. The maximum atomic E-state index is 13.1. The summed E-state index contributed by atoms with van der Waals surface area (Å²) in [7, 11) is 0. The van der Waals surface area contributed by atoms with Gasteiger partial charge in [0.2, 0.25) is 0 Å². The lowest BCUT2D eigenvalue weighted by Crippen LogP contribution is -2.49. The number of aromatic amines is 1. The van der Waals surface area contributed by atoms with Crippen LogP contribution in [0.15, 0.2) is 9.59 Å². The number of carbonyl (C=O) groups is 4. The summed E-state index contributed by atoms with van der Waals surface area (Å²) in [6, 6.07) is 0. The second-order valence-electron chi connectivity index (χ2n) is 16.9. The molecule has 0 saturated carbocycles. The van der Waals surface area contributed by atoms with Crippen LogP contribution in [0, 0.1) is 10.8 Å². The average molecular weight is 1030 g/mol. The fraction of sp³-hybridized carbons (Fsp3) is 0.737. The summed E-state index contributed by atoms with van der Waals surface area (Å²) in [6.07, 6.45) is -0.940. The topological polar surface area (TPSA) is 195 Å². The molecule has 2 saturated heterocycles. The molecule has 0 radical (unpaired) electrons. The minimum Gasteiger partial charge on any atom is -0.461 e. The van der Waals surface area contributed by atoms with Gasteiger partial charge < -0.3 is 38.2 Å². The van der Waals surface area contributed by atoms with Gasteiger partial charge in [0.05, 0.1) is 64.1 Å². The highest BCUT2D eigenvalue weighted by molar-refractivity contribution is 9.10. The molecule has 2 aromatic rings. The first kappa shape index (κ1) is 48.5. The molecule has 332 valence electrons. The molecule has 6 rings (SSSR count). The molecule has 6 heterocycles. The Morgan fingerprint density at radius 2 is 1.14 bits per heavy atom. The number of rotatable bonds is 9. The standard InChI is InChI=1S/C19H28BrN3O6.C14H21N3O5.C5H8Br2O/c1-5-28-15(24)14-13-8-21(17(26)29-18(2,3)4)6-7-22(13)16(25)23(14)10-19(9-20)11-27-12-19;1-5-21-11(18)10-9-8-16(13(20)22-14(2,3)4)6-7-17(9)12(19)15-10;6-1-5(2-7)3-8-4-5/h5-12H2,1-4H3;5-8H2,1-4H3,(H,15,19);1-4H2. The highest BCUT2D eigenvalue weighted by atomic mass is 79.9. The molecule has 0 aliphatic carbocycles. The average Bonchev–Trinajstić information content (AvgIpc) is 3.61. The van der Waals surface area contributed by atoms with Crippen LogP contribution in [0.2, 0.25) is 0 Å². The van der Waals surface area contributed by atoms with E-state index in [1.165, 1.54) is 18.9 Å². The summed E-state index contributed by atoms with van der Waals surface area (Å²) in [5.41, 5.74) is -0.463. The molecular weight excluding hydrogens is 972 g/mol. The van der Waals surface area contributed by atoms with Crippen LogP contribution in [-0.2, 0) is 61.1 Å². The first-order valence-electron chi connectivity index (χ1n) is 19.4. The summed E-state index contributed by atoms with van der Waals surface area (Å²) in [4.78, 5) is 79.8. The third kappa shape index (κ3) is 12.0. The number of halogens is 3. The molecule has 4 aliphatic rings. The van der Waals surface area contributed by atoms with Crippen molar-refractivity contribution in [2.45, 2.75) is 99.3 Å². The van der Waals surface area contributed by atoms with Crippen LogP contribution in [0.5, 0.6) is 0 Å². The summed E-state index contributed by atoms with van der Waals surface area (Å²) < 4.78 is 35.8. The van der Waals surface area contributed by atoms with Gasteiger partial charge in [0.15, 0.2) is 11.4 Å². The molecule has 21 heteroatoms. The number of amides is 2. The second kappa shape index (κ2) is 20.2. The Bertz CT molecular complexity index is 1920. The Kier molecular flexibility index (Phi) is 16.6. The molecule has 0 atom stereocenters. The number of alkyl halides is 3. The van der Waals surface area contributed by atoms with Crippen LogP contribution in [-0.4, -0.2) is 133 Å². The zero-order valence-electron chi connectivity index (χ0n) is 35.1. The molecule has 2 amide bonds. The van der Waals surface area contributed by atoms with E-state index in [0.717, 1.165) is 23.9 Å². The molecule has 2 aromatic heterocycles. The van der Waals surface area contributed by atoms with Gasteiger partial charge in [0.1, 0.15) is 11.2 Å². The van der Waals surface area contributed by atoms with Crippen LogP contribution < -0.4 is 11.4 Å². The molecule has 0 unspecified atom stereocenters. The van der Waals surface area contributed by atoms with E-state index < -0.39 is 35.3 Å². The minimum absolute atomic E-state index is 0.0973. The van der Waals surface area contributed by atoms with Crippen molar-refractivity contribution in [1.29, 1.82) is 0 Å². The van der Waals surface area contributed by atoms with Gasteiger partial charge in [-0.05, 0) is 55.4 Å². The molecule has 0 bridgehead atoms. The number of nitrogens with zero attached hydrogens (tertiary/aromatic N) is 5. The lowest BCUT2D eigenvalue weighted by molar-refractivity contribution is -0.106. The number of hydrogen-bond acceptors (Lipinski definition) is 12. The highest BCUT2D eigenvalue weighted by Crippen LogP contribution is 2.33. The summed E-state index contributed by atoms with van der Waals surface area (Å²) in [5.74, 6) is -1.16. The largest absolute Gasteiger partial charge is 0.461 e. The number of H-pyrrole nitrogens is 1. The van der Waals surface area contributed by atoms with Crippen LogP contribution in [0.3, 0.4) is 0 Å². The van der Waals surface area contributed by atoms with Gasteiger partial charge in [-0.1, -0.05) is 47.8 Å². The number of imidazole rings is 2. The number of hydrogen-bond donors (Lipinski definition) is 1. The lowest BCUT2D eigenvalue weighted by atomic mass is 9.88. The van der Waals surface area contributed by atoms with Crippen molar-refractivity contribution < 1.29 is 47.6 Å². The van der Waals surface area contributed by atoms with Gasteiger partial charge in [-0.25, -0.2) is 28.8 Å². The van der Waals surface area contributed by atoms with Gasteiger partial charge >= 0.3 is 35.5 Å². The SMILES string of the molecule is BrCC1(CBr)COC1.CCOC(=O)c1[nH]c(=O)n2c1CN(C(=O)OC(C)(C)C)CC2.CCOC(=O)c1c2n(c(=O)n1CC1(CBr)COC1)CCN(C(=O)OC(C)(C)C)C2. The maximum absolute atomic E-state index is 13.1. The van der Waals surface area contributed by atoms with Gasteiger partial charge in [-0.15, -0.1) is 0 Å². The zero-order chi connectivity index (χ0) is 43.9. The fourth-order valence-electron chi connectivity index (χ4n) is 6.33. The van der Waals surface area contributed by atoms with Crippen LogP contribution >= 0.6 is 47.8 Å². The number of esters is 2. The third-order valence-corrected chi connectivity index (χ3v) is 13.1. The number of nitrogens with one attached hydrogen (secondary N) is 1. The Morgan fingerprint density at radius 3 is 1.54 bits per heavy atom. The molecule has 0 aromatic carbocycles. The van der Waals surface area contributed by atoms with E-state index in [2.05, 4.69) is 52.8 Å². The Labute approximate surface area is 368 Å². The molecule has 59 heavy (non-hydrogen) atoms. The quantitative estimate of drug-likeness (QED) is 0.204. The minimum atomic E-state index is -0.628. The van der Waals surface area contributed by atoms with E-state index in [1.807, 2.05) is 0 Å². The number of aromatic nitrogens is 4. The van der Waals surface area contributed by atoms with Gasteiger partial charge in [0, 0.05) is 59.5 Å². The molecular formula is C38H57Br3N6O12. The maximum Gasteiger partial charge on any atom is 0.410 e. The molecule has 4 aliphatic heterocycles. The predicted octanol–water partition coefficient (Wildman–Crippen LogP) is 4.89. The Morgan fingerprint density at radius 1 is 0.678 bits per heavy atom. The van der Waals surface area contributed by atoms with E-state index in [9.17, 15) is 28.8 Å². The van der Waals surface area contributed by atoms with Crippen LogP contribution in [0.4, 0.5) is 9.59 Å². The molecule has 1 N–H and O–H groups in total. The fourth-order valence-corrected chi connectivity index (χ4v) is 8.40. The van der Waals surface area contributed by atoms with Crippen molar-refractivity contribution in [3.05, 3.63) is 43.7 Å². The zero-order valence-corrected chi connectivity index (χ0v) is 39.8. The third-order valence-electron chi connectivity index (χ3n) is 9.52. The van der Waals surface area contributed by atoms with E-state index in [0.29, 0.717) is 68.1 Å². The van der Waals surface area contributed by atoms with Crippen molar-refractivity contribution >= 4 is 71.9 Å². The van der Waals surface area contributed by atoms with Crippen LogP contribution in [0.25, 0.3) is 0 Å². The number of ether oxygens (including phenoxy) is 6. The molecule has 0 spiro atoms. The highest BCUT2D eigenvalue weighted by Gasteiger charge is 2.42. The van der Waals surface area contributed by atoms with Gasteiger partial charge in [-0.3, -0.25) is 18.7 Å². The molecule has 18 nitrogen and oxygen atoms in total. The monoisotopic (exact) mass is 1030 g/mol. The van der Waals surface area contributed by atoms with Crippen molar-refractivity contribution in [1.82, 2.24) is 28.5 Å². The normalized spacial score (nSPS) is 17.6. The van der Waals surface area contributed by atoms with E-state index >= 15 is 0 Å². The van der Waals surface area contributed by atoms with Crippen molar-refractivity contribution in [3.63, 3.8) is 0 Å². The Hall–Kier alpha value is -3.14. The van der Waals surface area contributed by atoms with E-state index in [1.54, 1.807) is 60.0 Å². The smallest absolute Gasteiger partial charge is 0.410 e. The molecule has 2 fully saturated rings. The summed E-state index contributed by atoms with van der Waals surface area (Å²) in [5, 5.41) is 2.75. The lowest BCUT2D eigenvalue weighted by Gasteiger charge is -2.40. The van der Waals surface area contributed by atoms with E-state index in [-0.39, 0.29) is 54.5 Å². The predicted molar refractivity (Wildman–Crippen MR) is 227 cm³/mol. The van der Waals surface area contributed by atoms with Crippen molar-refractivity contribution in [2.24, 2.45) is 10.8 Å². The number of fused-ring (bicyclic) bond motifs is 2. The first-order chi connectivity index (χ1) is 27.7. The van der Waals surface area contributed by atoms with Crippen molar-refractivity contribution in [3.8, 4) is 0 Å². The van der Waals surface area contributed by atoms with Crippen LogP contribution in [0.1, 0.15) is 87.8 Å². The number of carbonyl (C=O) groups excluding carboxylic acids is 4. The van der Waals surface area contributed by atoms with Crippen molar-refractivity contribution in [2.75, 3.05) is 68.7 Å².